The molecule has 1 amide bonds. The molecule has 2 aliphatic rings. The highest BCUT2D eigenvalue weighted by molar-refractivity contribution is 6.00. The molecule has 1 atom stereocenters. The molecule has 1 aliphatic carbocycles. The van der Waals surface area contributed by atoms with E-state index in [1.165, 1.54) is 18.5 Å². The number of rotatable bonds is 5. The zero-order valence-electron chi connectivity index (χ0n) is 19.6. The first-order valence-corrected chi connectivity index (χ1v) is 12.0. The van der Waals surface area contributed by atoms with Crippen LogP contribution in [-0.2, 0) is 10.5 Å². The molecule has 4 aromatic rings. The lowest BCUT2D eigenvalue weighted by Gasteiger charge is -2.35. The smallest absolute Gasteiger partial charge is 0.281 e. The second kappa shape index (κ2) is 8.55. The van der Waals surface area contributed by atoms with Crippen molar-refractivity contribution in [2.75, 3.05) is 25.5 Å². The predicted molar refractivity (Wildman–Crippen MR) is 128 cm³/mol. The molecule has 4 heterocycles. The molecule has 6 rings (SSSR count). The first-order chi connectivity index (χ1) is 17.3. The Balaban J connectivity index is 1.43. The van der Waals surface area contributed by atoms with E-state index < -0.39 is 17.8 Å². The minimum absolute atomic E-state index is 0.0370. The number of alkyl halides is 3. The lowest BCUT2D eigenvalue weighted by Crippen LogP contribution is -2.41. The van der Waals surface area contributed by atoms with Crippen LogP contribution in [-0.4, -0.2) is 45.9 Å². The van der Waals surface area contributed by atoms with Gasteiger partial charge < -0.3 is 14.6 Å². The first-order valence-electron chi connectivity index (χ1n) is 12.0. The average molecular weight is 496 g/mol. The molecule has 3 aromatic heterocycles. The summed E-state index contributed by atoms with van der Waals surface area (Å²) in [6.45, 7) is 1.16. The molecule has 0 bridgehead atoms. The lowest BCUT2D eigenvalue weighted by molar-refractivity contribution is -0.117. The largest absolute Gasteiger partial charge is 0.436 e. The molecule has 7 nitrogen and oxygen atoms in total. The Labute approximate surface area is 204 Å². The molecule has 1 saturated carbocycles. The zero-order chi connectivity index (χ0) is 25.0. The Hall–Kier alpha value is -3.53. The van der Waals surface area contributed by atoms with Gasteiger partial charge in [-0.3, -0.25) is 9.78 Å². The van der Waals surface area contributed by atoms with E-state index in [1.807, 2.05) is 11.9 Å². The highest BCUT2D eigenvalue weighted by Crippen LogP contribution is 2.39. The monoisotopic (exact) mass is 495 g/mol. The number of pyridine rings is 2. The van der Waals surface area contributed by atoms with Crippen molar-refractivity contribution in [3.8, 4) is 11.5 Å². The molecule has 0 spiro atoms. The Kier molecular flexibility index (Phi) is 5.44. The van der Waals surface area contributed by atoms with Gasteiger partial charge in [-0.25, -0.2) is 23.1 Å². The summed E-state index contributed by atoms with van der Waals surface area (Å²) < 4.78 is 49.0. The van der Waals surface area contributed by atoms with Crippen molar-refractivity contribution in [1.82, 2.24) is 19.9 Å². The number of nitrogens with zero attached hydrogens (tertiary/aromatic N) is 4. The van der Waals surface area contributed by atoms with Gasteiger partial charge in [0.15, 0.2) is 5.58 Å². The first kappa shape index (κ1) is 22.9. The standard InChI is InChI=1S/C26H24F3N5O2/c1-34-8-2-7-26(29,13-34)15-5-6-20-19(9-15)32-25(36-20)18-12-31-22(23(27)28)17-11-30-21(10-16(17)18)33-24(35)14-3-4-14/h5-6,9-12,14,23H,2-4,7-8,13H2,1H3,(H,30,33,35)/t26-/m0/s1. The molecule has 2 fully saturated rings. The zero-order valence-corrected chi connectivity index (χ0v) is 19.6. The third-order valence-electron chi connectivity index (χ3n) is 6.98. The SMILES string of the molecule is CN1CCC[C@@](F)(c2ccc3oc(-c4cnc(C(F)F)c5cnc(NC(=O)C6CC6)cc45)nc3c2)C1. The van der Waals surface area contributed by atoms with Crippen LogP contribution in [0.3, 0.4) is 0 Å². The van der Waals surface area contributed by atoms with E-state index in [4.69, 9.17) is 4.42 Å². The molecular formula is C26H24F3N5O2. The molecule has 1 N–H and O–H groups in total. The number of fused-ring (bicyclic) bond motifs is 2. The minimum atomic E-state index is -2.81. The fourth-order valence-corrected chi connectivity index (χ4v) is 4.91. The van der Waals surface area contributed by atoms with E-state index in [1.54, 1.807) is 18.2 Å². The Morgan fingerprint density at radius 2 is 2.03 bits per heavy atom. The fraction of sp³-hybridized carbons (Fsp3) is 0.385. The second-order valence-corrected chi connectivity index (χ2v) is 9.74. The summed E-state index contributed by atoms with van der Waals surface area (Å²) >= 11 is 0. The third kappa shape index (κ3) is 4.09. The van der Waals surface area contributed by atoms with E-state index in [-0.39, 0.29) is 28.9 Å². The molecule has 1 saturated heterocycles. The van der Waals surface area contributed by atoms with Crippen molar-refractivity contribution in [1.29, 1.82) is 0 Å². The molecule has 0 unspecified atom stereocenters. The van der Waals surface area contributed by atoms with Crippen LogP contribution in [0.1, 0.15) is 43.4 Å². The Morgan fingerprint density at radius 1 is 1.19 bits per heavy atom. The van der Waals surface area contributed by atoms with Gasteiger partial charge in [-0.05, 0) is 63.0 Å². The van der Waals surface area contributed by atoms with Gasteiger partial charge in [0.05, 0.1) is 5.56 Å². The van der Waals surface area contributed by atoms with Gasteiger partial charge in [0.2, 0.25) is 11.8 Å². The number of halogens is 3. The van der Waals surface area contributed by atoms with Crippen molar-refractivity contribution in [3.05, 3.63) is 47.9 Å². The van der Waals surface area contributed by atoms with Crippen molar-refractivity contribution >= 4 is 33.6 Å². The maximum Gasteiger partial charge on any atom is 0.281 e. The molecule has 1 aromatic carbocycles. The summed E-state index contributed by atoms with van der Waals surface area (Å²) in [7, 11) is 1.90. The molecule has 36 heavy (non-hydrogen) atoms. The van der Waals surface area contributed by atoms with Crippen LogP contribution < -0.4 is 5.32 Å². The van der Waals surface area contributed by atoms with Gasteiger partial charge in [0, 0.05) is 35.6 Å². The Bertz CT molecular complexity index is 1490. The van der Waals surface area contributed by atoms with Gasteiger partial charge in [-0.1, -0.05) is 6.07 Å². The normalized spacial score (nSPS) is 20.9. The molecule has 186 valence electrons. The molecule has 1 aliphatic heterocycles. The van der Waals surface area contributed by atoms with Crippen LogP contribution >= 0.6 is 0 Å². The number of aromatic nitrogens is 3. The maximum atomic E-state index is 15.7. The van der Waals surface area contributed by atoms with Crippen LogP contribution in [0.5, 0.6) is 0 Å². The van der Waals surface area contributed by atoms with Crippen LogP contribution in [0.4, 0.5) is 19.0 Å². The van der Waals surface area contributed by atoms with Crippen LogP contribution in [0.25, 0.3) is 33.3 Å². The number of hydrogen-bond donors (Lipinski definition) is 1. The number of oxazole rings is 1. The van der Waals surface area contributed by atoms with E-state index in [0.29, 0.717) is 40.6 Å². The minimum Gasteiger partial charge on any atom is -0.436 e. The lowest BCUT2D eigenvalue weighted by atomic mass is 9.87. The number of benzene rings is 1. The van der Waals surface area contributed by atoms with E-state index >= 15 is 4.39 Å². The number of hydrogen-bond acceptors (Lipinski definition) is 6. The van der Waals surface area contributed by atoms with Crippen LogP contribution in [0.2, 0.25) is 0 Å². The van der Waals surface area contributed by atoms with E-state index in [2.05, 4.69) is 20.3 Å². The van der Waals surface area contributed by atoms with Gasteiger partial charge in [0.25, 0.3) is 6.43 Å². The number of anilines is 1. The van der Waals surface area contributed by atoms with Gasteiger partial charge in [0.1, 0.15) is 22.7 Å². The van der Waals surface area contributed by atoms with E-state index in [0.717, 1.165) is 25.8 Å². The number of piperidine rings is 1. The molecule has 10 heteroatoms. The number of likely N-dealkylation sites (tertiary alicyclic amines) is 1. The number of carbonyl (C=O) groups excluding carboxylic acids is 1. The second-order valence-electron chi connectivity index (χ2n) is 9.74. The highest BCUT2D eigenvalue weighted by Gasteiger charge is 2.36. The topological polar surface area (TPSA) is 84.2 Å². The summed E-state index contributed by atoms with van der Waals surface area (Å²) in [5.74, 6) is 0.241. The Morgan fingerprint density at radius 3 is 2.78 bits per heavy atom. The van der Waals surface area contributed by atoms with Crippen molar-refractivity contribution in [2.24, 2.45) is 5.92 Å². The van der Waals surface area contributed by atoms with Crippen molar-refractivity contribution < 1.29 is 22.4 Å². The quantitative estimate of drug-likeness (QED) is 0.387. The van der Waals surface area contributed by atoms with Gasteiger partial charge >= 0.3 is 0 Å². The third-order valence-corrected chi connectivity index (χ3v) is 6.98. The predicted octanol–water partition coefficient (Wildman–Crippen LogP) is 5.61. The fourth-order valence-electron chi connectivity index (χ4n) is 4.91. The molecule has 0 radical (unpaired) electrons. The summed E-state index contributed by atoms with van der Waals surface area (Å²) in [5.41, 5.74) is -0.0662. The summed E-state index contributed by atoms with van der Waals surface area (Å²) in [4.78, 5) is 26.9. The molecular weight excluding hydrogens is 471 g/mol. The van der Waals surface area contributed by atoms with Gasteiger partial charge in [-0.2, -0.15) is 0 Å². The van der Waals surface area contributed by atoms with Crippen molar-refractivity contribution in [2.45, 2.75) is 37.8 Å². The van der Waals surface area contributed by atoms with Gasteiger partial charge in [-0.15, -0.1) is 0 Å². The number of likely N-dealkylation sites (N-methyl/N-ethyl adjacent to an activating group) is 1. The van der Waals surface area contributed by atoms with Crippen LogP contribution in [0, 0.1) is 5.92 Å². The number of nitrogens with one attached hydrogen (secondary N) is 1. The highest BCUT2D eigenvalue weighted by atomic mass is 19.3. The maximum absolute atomic E-state index is 15.7. The number of carbonyl (C=O) groups is 1. The number of amides is 1. The summed E-state index contributed by atoms with van der Waals surface area (Å²) in [5, 5.41) is 3.27. The average Bonchev–Trinajstić information content (AvgIpc) is 3.62. The summed E-state index contributed by atoms with van der Waals surface area (Å²) in [6, 6.07) is 6.62. The summed E-state index contributed by atoms with van der Waals surface area (Å²) in [6.07, 6.45) is 2.60. The van der Waals surface area contributed by atoms with Crippen LogP contribution in [0.15, 0.2) is 41.1 Å². The van der Waals surface area contributed by atoms with Crippen molar-refractivity contribution in [3.63, 3.8) is 0 Å². The van der Waals surface area contributed by atoms with E-state index in [9.17, 15) is 13.6 Å².